The number of halogens is 3. The molecule has 1 spiro atoms. The average molecular weight is 585 g/mol. The van der Waals surface area contributed by atoms with Gasteiger partial charge >= 0.3 is 12.1 Å². The van der Waals surface area contributed by atoms with E-state index in [1.54, 1.807) is 18.2 Å². The monoisotopic (exact) mass is 584 g/mol. The van der Waals surface area contributed by atoms with Gasteiger partial charge in [0.25, 0.3) is 0 Å². The van der Waals surface area contributed by atoms with E-state index in [0.29, 0.717) is 51.0 Å². The van der Waals surface area contributed by atoms with Crippen molar-refractivity contribution < 1.29 is 27.4 Å². The number of hydrogen-bond acceptors (Lipinski definition) is 5. The summed E-state index contributed by atoms with van der Waals surface area (Å²) in [5, 5.41) is 6.73. The summed E-state index contributed by atoms with van der Waals surface area (Å²) < 4.78 is 53.0. The molecule has 3 aliphatic rings. The Labute approximate surface area is 248 Å². The Kier molecular flexibility index (Phi) is 6.60. The lowest BCUT2D eigenvalue weighted by Gasteiger charge is -2.37. The molecule has 1 aliphatic carbocycles. The number of ether oxygens (including phenoxy) is 2. The van der Waals surface area contributed by atoms with Gasteiger partial charge in [-0.1, -0.05) is 43.5 Å². The number of benzene rings is 4. The van der Waals surface area contributed by atoms with Crippen LogP contribution >= 0.6 is 0 Å². The van der Waals surface area contributed by atoms with Gasteiger partial charge in [0.15, 0.2) is 5.60 Å². The highest BCUT2D eigenvalue weighted by atomic mass is 19.4. The van der Waals surface area contributed by atoms with E-state index in [-0.39, 0.29) is 0 Å². The van der Waals surface area contributed by atoms with E-state index in [0.717, 1.165) is 29.9 Å². The van der Waals surface area contributed by atoms with Crippen LogP contribution in [0.1, 0.15) is 70.3 Å². The van der Waals surface area contributed by atoms with Crippen LogP contribution < -0.4 is 15.4 Å². The fourth-order valence-corrected chi connectivity index (χ4v) is 6.65. The van der Waals surface area contributed by atoms with Gasteiger partial charge in [0.2, 0.25) is 0 Å². The first-order chi connectivity index (χ1) is 20.7. The molecule has 0 saturated heterocycles. The number of carbonyl (C=O) groups excluding carboxylic acids is 1. The van der Waals surface area contributed by atoms with Crippen LogP contribution in [-0.4, -0.2) is 12.5 Å². The van der Waals surface area contributed by atoms with Crippen molar-refractivity contribution in [3.8, 4) is 11.5 Å². The third-order valence-electron chi connectivity index (χ3n) is 8.85. The van der Waals surface area contributed by atoms with Crippen LogP contribution in [0.2, 0.25) is 0 Å². The van der Waals surface area contributed by atoms with E-state index in [9.17, 15) is 18.0 Å². The van der Waals surface area contributed by atoms with Crippen LogP contribution in [0.4, 0.5) is 30.2 Å². The first kappa shape index (κ1) is 27.4. The van der Waals surface area contributed by atoms with E-state index < -0.39 is 23.3 Å². The minimum absolute atomic E-state index is 0.293. The first-order valence-electron chi connectivity index (χ1n) is 14.7. The molecule has 7 rings (SSSR count). The summed E-state index contributed by atoms with van der Waals surface area (Å²) in [6.45, 7) is 2.75. The molecule has 1 fully saturated rings. The van der Waals surface area contributed by atoms with Crippen LogP contribution in [0.3, 0.4) is 0 Å². The minimum atomic E-state index is -4.46. The third kappa shape index (κ3) is 4.79. The van der Waals surface area contributed by atoms with Crippen molar-refractivity contribution in [3.63, 3.8) is 0 Å². The molecule has 0 aromatic heterocycles. The molecule has 0 bridgehead atoms. The molecular weight excluding hydrogens is 553 g/mol. The van der Waals surface area contributed by atoms with E-state index in [4.69, 9.17) is 9.47 Å². The van der Waals surface area contributed by atoms with Gasteiger partial charge in [-0.25, -0.2) is 4.79 Å². The minimum Gasteiger partial charge on any atom is -0.456 e. The zero-order valence-electron chi connectivity index (χ0n) is 23.7. The Morgan fingerprint density at radius 1 is 0.837 bits per heavy atom. The van der Waals surface area contributed by atoms with Crippen molar-refractivity contribution >= 4 is 23.0 Å². The maximum absolute atomic E-state index is 13.4. The molecule has 4 aromatic carbocycles. The van der Waals surface area contributed by atoms with Gasteiger partial charge in [-0.3, -0.25) is 0 Å². The maximum atomic E-state index is 13.4. The van der Waals surface area contributed by atoms with Crippen LogP contribution in [-0.2, 0) is 16.5 Å². The lowest BCUT2D eigenvalue weighted by molar-refractivity contribution is -0.137. The van der Waals surface area contributed by atoms with Crippen molar-refractivity contribution in [2.24, 2.45) is 5.92 Å². The fraction of sp³-hybridized carbons (Fsp3) is 0.286. The maximum Gasteiger partial charge on any atom is 0.416 e. The molecule has 0 amide bonds. The fourth-order valence-electron chi connectivity index (χ4n) is 6.65. The molecule has 1 atom stereocenters. The Balaban J connectivity index is 1.31. The number of nitrogens with one attached hydrogen (secondary N) is 2. The number of hydrogen-bond donors (Lipinski definition) is 2. The Bertz CT molecular complexity index is 1730. The van der Waals surface area contributed by atoms with Crippen LogP contribution in [0.25, 0.3) is 0 Å². The Morgan fingerprint density at radius 3 is 2.44 bits per heavy atom. The summed E-state index contributed by atoms with van der Waals surface area (Å²) in [4.78, 5) is 13.3. The number of aryl methyl sites for hydroxylation is 1. The van der Waals surface area contributed by atoms with Gasteiger partial charge in [-0.2, -0.15) is 13.2 Å². The van der Waals surface area contributed by atoms with E-state index in [1.807, 2.05) is 49.4 Å². The van der Waals surface area contributed by atoms with Crippen molar-refractivity contribution in [1.82, 2.24) is 0 Å². The predicted molar refractivity (Wildman–Crippen MR) is 159 cm³/mol. The zero-order valence-corrected chi connectivity index (χ0v) is 23.7. The Morgan fingerprint density at radius 2 is 1.63 bits per heavy atom. The highest BCUT2D eigenvalue weighted by Gasteiger charge is 2.53. The van der Waals surface area contributed by atoms with E-state index in [2.05, 4.69) is 10.6 Å². The van der Waals surface area contributed by atoms with Crippen molar-refractivity contribution in [2.45, 2.75) is 50.8 Å². The second-order valence-electron chi connectivity index (χ2n) is 11.7. The van der Waals surface area contributed by atoms with E-state index >= 15 is 0 Å². The van der Waals surface area contributed by atoms with Crippen molar-refractivity contribution in [2.75, 3.05) is 17.2 Å². The standard InChI is InChI=1S/C35H31F3N2O3/c1-21-16-31-29(19-30(21)40-25-11-7-10-23(17-25)35(36,37)38)34(27-13-6-5-12-26(27)33(41)43-34)28-15-14-24(18-32(28)42-31)39-20-22-8-3-2-4-9-22/h5-7,10-19,22,39-40H,2-4,8-9,20H2,1H3. The zero-order chi connectivity index (χ0) is 29.8. The average Bonchev–Trinajstić information content (AvgIpc) is 3.29. The third-order valence-corrected chi connectivity index (χ3v) is 8.85. The summed E-state index contributed by atoms with van der Waals surface area (Å²) in [5.41, 5.74) is 2.99. The molecule has 2 heterocycles. The van der Waals surface area contributed by atoms with Crippen molar-refractivity contribution in [3.05, 3.63) is 112 Å². The lowest BCUT2D eigenvalue weighted by Crippen LogP contribution is -2.33. The topological polar surface area (TPSA) is 59.6 Å². The summed E-state index contributed by atoms with van der Waals surface area (Å²) in [6.07, 6.45) is 1.85. The van der Waals surface area contributed by atoms with Crippen LogP contribution in [0, 0.1) is 12.8 Å². The highest BCUT2D eigenvalue weighted by Crippen LogP contribution is 2.57. The molecule has 1 saturated carbocycles. The quantitative estimate of drug-likeness (QED) is 0.229. The second kappa shape index (κ2) is 10.4. The Hall–Kier alpha value is -4.46. The van der Waals surface area contributed by atoms with Gasteiger partial charge in [0.1, 0.15) is 11.5 Å². The summed E-state index contributed by atoms with van der Waals surface area (Å²) >= 11 is 0. The lowest BCUT2D eigenvalue weighted by atomic mass is 9.77. The summed E-state index contributed by atoms with van der Waals surface area (Å²) in [7, 11) is 0. The number of rotatable bonds is 5. The van der Waals surface area contributed by atoms with Crippen LogP contribution in [0.15, 0.2) is 78.9 Å². The van der Waals surface area contributed by atoms with Gasteiger partial charge in [-0.15, -0.1) is 0 Å². The van der Waals surface area contributed by atoms with E-state index in [1.165, 1.54) is 38.2 Å². The molecule has 5 nitrogen and oxygen atoms in total. The molecule has 43 heavy (non-hydrogen) atoms. The molecule has 1 unspecified atom stereocenters. The number of carbonyl (C=O) groups is 1. The highest BCUT2D eigenvalue weighted by molar-refractivity contribution is 5.97. The largest absolute Gasteiger partial charge is 0.456 e. The molecular formula is C35H31F3N2O3. The van der Waals surface area contributed by atoms with Gasteiger partial charge in [-0.05, 0) is 79.8 Å². The molecule has 4 aromatic rings. The van der Waals surface area contributed by atoms with Gasteiger partial charge < -0.3 is 20.1 Å². The SMILES string of the molecule is Cc1cc2c(cc1Nc1cccc(C(F)(F)F)c1)C1(OC(=O)c3ccccc31)c1ccc(NCC3CCCCC3)cc1O2. The normalized spacial score (nSPS) is 19.2. The number of esters is 1. The summed E-state index contributed by atoms with van der Waals surface area (Å²) in [6, 6.07) is 21.9. The number of alkyl halides is 3. The molecule has 220 valence electrons. The molecule has 0 radical (unpaired) electrons. The molecule has 8 heteroatoms. The van der Waals surface area contributed by atoms with Crippen molar-refractivity contribution in [1.29, 1.82) is 0 Å². The smallest absolute Gasteiger partial charge is 0.416 e. The summed E-state index contributed by atoms with van der Waals surface area (Å²) in [5.74, 6) is 1.31. The van der Waals surface area contributed by atoms with Gasteiger partial charge in [0.05, 0.1) is 11.1 Å². The predicted octanol–water partition coefficient (Wildman–Crippen LogP) is 9.32. The van der Waals surface area contributed by atoms with Gasteiger partial charge in [0, 0.05) is 46.4 Å². The molecule has 2 aliphatic heterocycles. The number of fused-ring (bicyclic) bond motifs is 6. The molecule has 2 N–H and O–H groups in total. The first-order valence-corrected chi connectivity index (χ1v) is 14.7. The number of anilines is 3. The van der Waals surface area contributed by atoms with Crippen LogP contribution in [0.5, 0.6) is 11.5 Å². The second-order valence-corrected chi connectivity index (χ2v) is 11.7.